The molecule has 0 radical (unpaired) electrons. The fourth-order valence-corrected chi connectivity index (χ4v) is 2.25. The van der Waals surface area contributed by atoms with Gasteiger partial charge in [-0.15, -0.1) is 0 Å². The first kappa shape index (κ1) is 19.9. The van der Waals surface area contributed by atoms with Crippen LogP contribution in [-0.4, -0.2) is 36.4 Å². The van der Waals surface area contributed by atoms with E-state index in [2.05, 4.69) is 10.6 Å². The molecule has 0 atom stereocenters. The van der Waals surface area contributed by atoms with Gasteiger partial charge in [0.15, 0.2) is 0 Å². The van der Waals surface area contributed by atoms with Crippen LogP contribution in [0, 0.1) is 10.1 Å². The molecule has 0 unspecified atom stereocenters. The van der Waals surface area contributed by atoms with Crippen LogP contribution in [0.4, 0.5) is 5.69 Å². The van der Waals surface area contributed by atoms with E-state index in [0.29, 0.717) is 13.2 Å². The Labute approximate surface area is 156 Å². The molecule has 2 N–H and O–H groups in total. The lowest BCUT2D eigenvalue weighted by molar-refractivity contribution is -0.384. The highest BCUT2D eigenvalue weighted by Crippen LogP contribution is 2.12. The zero-order valence-electron chi connectivity index (χ0n) is 14.7. The van der Waals surface area contributed by atoms with Crippen molar-refractivity contribution in [3.8, 4) is 5.75 Å². The summed E-state index contributed by atoms with van der Waals surface area (Å²) in [6.45, 7) is 0.842. The first-order chi connectivity index (χ1) is 13.1. The maximum atomic E-state index is 11.9. The van der Waals surface area contributed by atoms with Crippen molar-refractivity contribution in [1.29, 1.82) is 0 Å². The Hall–Kier alpha value is -3.42. The summed E-state index contributed by atoms with van der Waals surface area (Å²) in [5, 5.41) is 15.9. The number of nitrogens with one attached hydrogen (secondary N) is 2. The number of hydrogen-bond donors (Lipinski definition) is 2. The average Bonchev–Trinajstić information content (AvgIpc) is 2.69. The molecule has 2 rings (SSSR count). The average molecular weight is 371 g/mol. The summed E-state index contributed by atoms with van der Waals surface area (Å²) in [7, 11) is 0. The van der Waals surface area contributed by atoms with E-state index in [1.165, 1.54) is 24.3 Å². The number of amides is 2. The molecular weight excluding hydrogens is 350 g/mol. The maximum absolute atomic E-state index is 11.9. The Morgan fingerprint density at radius 1 is 1.00 bits per heavy atom. The number of ether oxygens (including phenoxy) is 1. The molecular formula is C19H21N3O5. The number of nitro benzene ring substituents is 1. The first-order valence-electron chi connectivity index (χ1n) is 8.53. The van der Waals surface area contributed by atoms with Gasteiger partial charge in [0.05, 0.1) is 18.1 Å². The summed E-state index contributed by atoms with van der Waals surface area (Å²) in [5.41, 5.74) is -0.0418. The summed E-state index contributed by atoms with van der Waals surface area (Å²) in [5.74, 6) is -0.0479. The predicted octanol–water partition coefficient (Wildman–Crippen LogP) is 2.30. The molecule has 0 saturated heterocycles. The number of unbranched alkanes of at least 4 members (excludes halogenated alkanes) is 1. The number of non-ortho nitro benzene ring substituents is 1. The Kier molecular flexibility index (Phi) is 7.77. The molecule has 0 saturated carbocycles. The number of nitrogens with zero attached hydrogens (tertiary/aromatic N) is 1. The van der Waals surface area contributed by atoms with Crippen molar-refractivity contribution in [2.24, 2.45) is 0 Å². The lowest BCUT2D eigenvalue weighted by Gasteiger charge is -2.08. The fraction of sp³-hybridized carbons (Fsp3) is 0.263. The summed E-state index contributed by atoms with van der Waals surface area (Å²) in [6.07, 6.45) is 1.53. The highest BCUT2D eigenvalue weighted by Gasteiger charge is 2.12. The van der Waals surface area contributed by atoms with Crippen molar-refractivity contribution >= 4 is 17.5 Å². The van der Waals surface area contributed by atoms with Crippen LogP contribution in [-0.2, 0) is 4.79 Å². The third-order valence-corrected chi connectivity index (χ3v) is 3.63. The van der Waals surface area contributed by atoms with Crippen LogP contribution in [0.15, 0.2) is 54.6 Å². The van der Waals surface area contributed by atoms with E-state index in [1.54, 1.807) is 0 Å². The number of carbonyl (C=O) groups excluding carboxylic acids is 2. The summed E-state index contributed by atoms with van der Waals surface area (Å²) in [6, 6.07) is 14.8. The van der Waals surface area contributed by atoms with Crippen LogP contribution in [0.5, 0.6) is 5.75 Å². The smallest absolute Gasteiger partial charge is 0.270 e. The second-order valence-corrected chi connectivity index (χ2v) is 5.71. The van der Waals surface area contributed by atoms with Crippen LogP contribution in [0.25, 0.3) is 0 Å². The first-order valence-corrected chi connectivity index (χ1v) is 8.53. The molecule has 0 aliphatic heterocycles. The Bertz CT molecular complexity index is 780. The van der Waals surface area contributed by atoms with Gasteiger partial charge >= 0.3 is 0 Å². The van der Waals surface area contributed by atoms with Gasteiger partial charge in [0.25, 0.3) is 11.6 Å². The Morgan fingerprint density at radius 2 is 1.78 bits per heavy atom. The van der Waals surface area contributed by atoms with Gasteiger partial charge in [0, 0.05) is 24.2 Å². The van der Waals surface area contributed by atoms with Gasteiger partial charge in [-0.05, 0) is 31.0 Å². The second-order valence-electron chi connectivity index (χ2n) is 5.71. The van der Waals surface area contributed by atoms with E-state index in [-0.39, 0.29) is 23.7 Å². The van der Waals surface area contributed by atoms with Crippen LogP contribution in [0.2, 0.25) is 0 Å². The SMILES string of the molecule is O=C(CNC(=O)c1cccc([N+](=O)[O-])c1)NCCCCOc1ccccc1. The van der Waals surface area contributed by atoms with E-state index in [0.717, 1.165) is 18.6 Å². The highest BCUT2D eigenvalue weighted by molar-refractivity contribution is 5.96. The number of benzene rings is 2. The van der Waals surface area contributed by atoms with Crippen molar-refractivity contribution in [2.45, 2.75) is 12.8 Å². The number of nitro groups is 1. The molecule has 142 valence electrons. The maximum Gasteiger partial charge on any atom is 0.270 e. The monoisotopic (exact) mass is 371 g/mol. The van der Waals surface area contributed by atoms with Crippen LogP contribution in [0.3, 0.4) is 0 Å². The minimum absolute atomic E-state index is 0.134. The van der Waals surface area contributed by atoms with E-state index in [4.69, 9.17) is 4.74 Å². The van der Waals surface area contributed by atoms with Gasteiger partial charge in [0.2, 0.25) is 5.91 Å². The van der Waals surface area contributed by atoms with Crippen molar-refractivity contribution in [2.75, 3.05) is 19.7 Å². The van der Waals surface area contributed by atoms with Gasteiger partial charge in [0.1, 0.15) is 5.75 Å². The Morgan fingerprint density at radius 3 is 2.52 bits per heavy atom. The molecule has 2 amide bonds. The number of carbonyl (C=O) groups is 2. The standard InChI is InChI=1S/C19H21N3O5/c23-18(20-11-4-5-12-27-17-9-2-1-3-10-17)14-21-19(24)15-7-6-8-16(13-15)22(25)26/h1-3,6-10,13H,4-5,11-12,14H2,(H,20,23)(H,21,24). The predicted molar refractivity (Wildman–Crippen MR) is 99.6 cm³/mol. The minimum Gasteiger partial charge on any atom is -0.494 e. The molecule has 0 heterocycles. The van der Waals surface area contributed by atoms with Gasteiger partial charge in [-0.25, -0.2) is 0 Å². The molecule has 8 heteroatoms. The summed E-state index contributed by atoms with van der Waals surface area (Å²) < 4.78 is 5.55. The molecule has 0 aliphatic rings. The third kappa shape index (κ3) is 7.15. The fourth-order valence-electron chi connectivity index (χ4n) is 2.25. The molecule has 0 spiro atoms. The van der Waals surface area contributed by atoms with Crippen molar-refractivity contribution < 1.29 is 19.2 Å². The minimum atomic E-state index is -0.578. The van der Waals surface area contributed by atoms with Crippen molar-refractivity contribution in [3.63, 3.8) is 0 Å². The van der Waals surface area contributed by atoms with Crippen LogP contribution in [0.1, 0.15) is 23.2 Å². The molecule has 2 aromatic carbocycles. The van der Waals surface area contributed by atoms with Crippen LogP contribution < -0.4 is 15.4 Å². The Balaban J connectivity index is 1.59. The van der Waals surface area contributed by atoms with Gasteiger partial charge < -0.3 is 15.4 Å². The lowest BCUT2D eigenvalue weighted by atomic mass is 10.2. The van der Waals surface area contributed by atoms with E-state index in [9.17, 15) is 19.7 Å². The van der Waals surface area contributed by atoms with Crippen molar-refractivity contribution in [3.05, 3.63) is 70.3 Å². The number of para-hydroxylation sites is 1. The van der Waals surface area contributed by atoms with Gasteiger partial charge in [-0.2, -0.15) is 0 Å². The zero-order valence-corrected chi connectivity index (χ0v) is 14.7. The van der Waals surface area contributed by atoms with Crippen LogP contribution >= 0.6 is 0 Å². The topological polar surface area (TPSA) is 111 Å². The van der Waals surface area contributed by atoms with E-state index in [1.807, 2.05) is 30.3 Å². The largest absolute Gasteiger partial charge is 0.494 e. The molecule has 0 aromatic heterocycles. The number of hydrogen-bond acceptors (Lipinski definition) is 5. The molecule has 27 heavy (non-hydrogen) atoms. The molecule has 2 aromatic rings. The second kappa shape index (κ2) is 10.5. The van der Waals surface area contributed by atoms with Gasteiger partial charge in [-0.1, -0.05) is 24.3 Å². The summed E-state index contributed by atoms with van der Waals surface area (Å²) >= 11 is 0. The lowest BCUT2D eigenvalue weighted by Crippen LogP contribution is -2.37. The number of rotatable bonds is 10. The summed E-state index contributed by atoms with van der Waals surface area (Å²) in [4.78, 5) is 33.8. The molecule has 0 aliphatic carbocycles. The quantitative estimate of drug-likeness (QED) is 0.378. The molecule has 0 fully saturated rings. The van der Waals surface area contributed by atoms with Gasteiger partial charge in [-0.3, -0.25) is 19.7 Å². The zero-order chi connectivity index (χ0) is 19.5. The van der Waals surface area contributed by atoms with Crippen molar-refractivity contribution in [1.82, 2.24) is 10.6 Å². The van der Waals surface area contributed by atoms with E-state index < -0.39 is 10.8 Å². The highest BCUT2D eigenvalue weighted by atomic mass is 16.6. The third-order valence-electron chi connectivity index (χ3n) is 3.63. The normalized spacial score (nSPS) is 10.1. The molecule has 8 nitrogen and oxygen atoms in total. The molecule has 0 bridgehead atoms. The van der Waals surface area contributed by atoms with E-state index >= 15 is 0 Å².